The first kappa shape index (κ1) is 16.8. The number of hydrogen-bond donors (Lipinski definition) is 0. The predicted molar refractivity (Wildman–Crippen MR) is 120 cm³/mol. The monoisotopic (exact) mass is 436 g/mol. The quantitative estimate of drug-likeness (QED) is 0.449. The molecule has 6 rings (SSSR count). The smallest absolute Gasteiger partial charge is 0.0801 e. The van der Waals surface area contributed by atoms with E-state index in [1.807, 2.05) is 11.8 Å². The zero-order valence-electron chi connectivity index (χ0n) is 15.2. The Balaban J connectivity index is 1.61. The highest BCUT2D eigenvalue weighted by atomic mass is 79.9. The summed E-state index contributed by atoms with van der Waals surface area (Å²) < 4.78 is 1.22. The fourth-order valence-electron chi connectivity index (χ4n) is 4.46. The Bertz CT molecular complexity index is 1010. The molecule has 2 heterocycles. The maximum atomic E-state index is 3.83. The van der Waals surface area contributed by atoms with E-state index >= 15 is 0 Å². The number of fused-ring (bicyclic) bond motifs is 2. The minimum absolute atomic E-state index is 0.350. The van der Waals surface area contributed by atoms with E-state index in [0.717, 1.165) is 0 Å². The molecular weight excluding hydrogens is 416 g/mol. The van der Waals surface area contributed by atoms with Crippen LogP contribution in [0.15, 0.2) is 74.1 Å². The summed E-state index contributed by atoms with van der Waals surface area (Å²) in [6.45, 7) is 7.40. The third-order valence-electron chi connectivity index (χ3n) is 5.59. The van der Waals surface area contributed by atoms with Crippen molar-refractivity contribution in [2.45, 2.75) is 31.5 Å². The van der Waals surface area contributed by atoms with Gasteiger partial charge in [0.25, 0.3) is 0 Å². The lowest BCUT2D eigenvalue weighted by molar-refractivity contribution is 1.01. The Labute approximate surface area is 169 Å². The molecule has 26 heavy (non-hydrogen) atoms. The molecular formula is C23H21BrSSi. The summed E-state index contributed by atoms with van der Waals surface area (Å²) in [6.07, 6.45) is 7.23. The number of benzene rings is 2. The van der Waals surface area contributed by atoms with Gasteiger partial charge in [0.15, 0.2) is 0 Å². The summed E-state index contributed by atoms with van der Waals surface area (Å²) in [6, 6.07) is 15.4. The van der Waals surface area contributed by atoms with Gasteiger partial charge in [-0.3, -0.25) is 0 Å². The average molecular weight is 437 g/mol. The summed E-state index contributed by atoms with van der Waals surface area (Å²) in [5, 5.41) is 1.71. The molecule has 2 aliphatic carbocycles. The number of rotatable bonds is 3. The Kier molecular flexibility index (Phi) is 3.79. The molecule has 0 spiro atoms. The summed E-state index contributed by atoms with van der Waals surface area (Å²) in [4.78, 5) is 3.18. The second-order valence-corrected chi connectivity index (χ2v) is 15.2. The van der Waals surface area contributed by atoms with Crippen LogP contribution < -0.4 is 0 Å². The third kappa shape index (κ3) is 2.40. The van der Waals surface area contributed by atoms with E-state index in [-0.39, 0.29) is 0 Å². The Morgan fingerprint density at radius 1 is 0.962 bits per heavy atom. The SMILES string of the molecule is C[Si](C)(C)C1=C2SC1=CC2c1ccc(Br)c2c1C=CC2c1ccccc1. The van der Waals surface area contributed by atoms with Gasteiger partial charge in [0.2, 0.25) is 0 Å². The van der Waals surface area contributed by atoms with Crippen LogP contribution in [0.3, 0.4) is 0 Å². The molecule has 3 heteroatoms. The van der Waals surface area contributed by atoms with Crippen molar-refractivity contribution in [3.05, 3.63) is 96.3 Å². The highest BCUT2D eigenvalue weighted by molar-refractivity contribution is 9.10. The molecule has 4 aliphatic rings. The van der Waals surface area contributed by atoms with Crippen molar-refractivity contribution >= 4 is 41.8 Å². The molecule has 2 bridgehead atoms. The van der Waals surface area contributed by atoms with Crippen molar-refractivity contribution in [2.75, 3.05) is 0 Å². The van der Waals surface area contributed by atoms with E-state index in [0.29, 0.717) is 11.8 Å². The van der Waals surface area contributed by atoms with Crippen LogP contribution in [0, 0.1) is 0 Å². The number of thioether (sulfide) groups is 1. The van der Waals surface area contributed by atoms with Crippen LogP contribution in [0.2, 0.25) is 19.6 Å². The first-order valence-corrected chi connectivity index (χ1v) is 14.3. The second-order valence-electron chi connectivity index (χ2n) is 8.31. The van der Waals surface area contributed by atoms with Gasteiger partial charge in [-0.1, -0.05) is 102 Å². The molecule has 0 saturated carbocycles. The van der Waals surface area contributed by atoms with E-state index < -0.39 is 8.07 Å². The van der Waals surface area contributed by atoms with Crippen molar-refractivity contribution in [3.8, 4) is 0 Å². The van der Waals surface area contributed by atoms with Crippen molar-refractivity contribution < 1.29 is 0 Å². The standard InChI is InChI=1S/C23H21BrSSi/c1-26(2,3)23-20-13-18(22(23)25-20)16-11-12-19(24)21-15(9-10-17(16)21)14-7-5-4-6-8-14/h4-13,15,18H,1-3H3. The molecule has 0 aromatic heterocycles. The van der Waals surface area contributed by atoms with Crippen molar-refractivity contribution in [2.24, 2.45) is 0 Å². The highest BCUT2D eigenvalue weighted by Crippen LogP contribution is 2.62. The minimum atomic E-state index is -1.25. The molecule has 2 aromatic carbocycles. The molecule has 0 saturated heterocycles. The van der Waals surface area contributed by atoms with E-state index in [1.165, 1.54) is 26.7 Å². The number of allylic oxidation sites excluding steroid dienone is 4. The van der Waals surface area contributed by atoms with E-state index in [4.69, 9.17) is 0 Å². The molecule has 2 aliphatic heterocycles. The average Bonchev–Trinajstić information content (AvgIpc) is 3.27. The molecule has 0 N–H and O–H groups in total. The van der Waals surface area contributed by atoms with Gasteiger partial charge in [0.1, 0.15) is 0 Å². The van der Waals surface area contributed by atoms with Crippen LogP contribution in [-0.4, -0.2) is 8.07 Å². The highest BCUT2D eigenvalue weighted by Gasteiger charge is 2.44. The first-order valence-electron chi connectivity index (χ1n) is 9.15. The zero-order chi connectivity index (χ0) is 18.1. The molecule has 0 radical (unpaired) electrons. The maximum Gasteiger partial charge on any atom is 0.0801 e. The van der Waals surface area contributed by atoms with Gasteiger partial charge in [-0.15, -0.1) is 0 Å². The largest absolute Gasteiger partial charge is 0.0940 e. The van der Waals surface area contributed by atoms with Crippen LogP contribution in [0.1, 0.15) is 34.1 Å². The summed E-state index contributed by atoms with van der Waals surface area (Å²) in [5.74, 6) is 0.820. The summed E-state index contributed by atoms with van der Waals surface area (Å²) in [7, 11) is -1.25. The van der Waals surface area contributed by atoms with Gasteiger partial charge in [0, 0.05) is 26.1 Å². The maximum absolute atomic E-state index is 3.83. The lowest BCUT2D eigenvalue weighted by Crippen LogP contribution is -2.28. The fraction of sp³-hybridized carbons (Fsp3) is 0.217. The Morgan fingerprint density at radius 2 is 1.73 bits per heavy atom. The summed E-state index contributed by atoms with van der Waals surface area (Å²) >= 11 is 5.85. The lowest BCUT2D eigenvalue weighted by Gasteiger charge is -2.31. The fourth-order valence-corrected chi connectivity index (χ4v) is 9.94. The van der Waals surface area contributed by atoms with Crippen molar-refractivity contribution in [3.63, 3.8) is 0 Å². The van der Waals surface area contributed by atoms with Gasteiger partial charge in [0.05, 0.1) is 8.07 Å². The van der Waals surface area contributed by atoms with Crippen LogP contribution >= 0.6 is 27.7 Å². The van der Waals surface area contributed by atoms with Crippen LogP contribution in [0.5, 0.6) is 0 Å². The van der Waals surface area contributed by atoms with Crippen LogP contribution in [0.25, 0.3) is 6.08 Å². The van der Waals surface area contributed by atoms with Gasteiger partial charge >= 0.3 is 0 Å². The second kappa shape index (κ2) is 5.85. The number of hydrogen-bond acceptors (Lipinski definition) is 1. The Morgan fingerprint density at radius 3 is 2.42 bits per heavy atom. The first-order chi connectivity index (χ1) is 12.4. The van der Waals surface area contributed by atoms with Crippen molar-refractivity contribution in [1.82, 2.24) is 0 Å². The molecule has 2 unspecified atom stereocenters. The molecule has 0 fully saturated rings. The molecule has 0 nitrogen and oxygen atoms in total. The van der Waals surface area contributed by atoms with Crippen LogP contribution in [-0.2, 0) is 0 Å². The van der Waals surface area contributed by atoms with Gasteiger partial charge < -0.3 is 0 Å². The molecule has 0 amide bonds. The Hall–Kier alpha value is -1.29. The van der Waals surface area contributed by atoms with Gasteiger partial charge in [-0.2, -0.15) is 0 Å². The molecule has 130 valence electrons. The minimum Gasteiger partial charge on any atom is -0.0940 e. The third-order valence-corrected chi connectivity index (χ3v) is 9.92. The normalized spacial score (nSPS) is 23.2. The molecule has 2 atom stereocenters. The van der Waals surface area contributed by atoms with E-state index in [9.17, 15) is 0 Å². The summed E-state index contributed by atoms with van der Waals surface area (Å²) in [5.41, 5.74) is 5.69. The topological polar surface area (TPSA) is 0 Å². The van der Waals surface area contributed by atoms with E-state index in [1.54, 1.807) is 15.0 Å². The molecule has 2 aromatic rings. The number of halogens is 1. The zero-order valence-corrected chi connectivity index (χ0v) is 18.6. The van der Waals surface area contributed by atoms with Crippen LogP contribution in [0.4, 0.5) is 0 Å². The van der Waals surface area contributed by atoms with Gasteiger partial charge in [-0.05, 0) is 33.5 Å². The lowest BCUT2D eigenvalue weighted by atomic mass is 9.88. The van der Waals surface area contributed by atoms with E-state index in [2.05, 4.69) is 96.3 Å². The predicted octanol–water partition coefficient (Wildman–Crippen LogP) is 7.47. The van der Waals surface area contributed by atoms with Crippen molar-refractivity contribution in [1.29, 1.82) is 0 Å². The van der Waals surface area contributed by atoms with Gasteiger partial charge in [-0.25, -0.2) is 0 Å².